The van der Waals surface area contributed by atoms with Crippen molar-refractivity contribution in [1.29, 1.82) is 0 Å². The van der Waals surface area contributed by atoms with Crippen molar-refractivity contribution in [3.05, 3.63) is 30.2 Å². The second-order valence-electron chi connectivity index (χ2n) is 4.83. The number of nitrogens with zero attached hydrogens (tertiary/aromatic N) is 2. The molecule has 5 nitrogen and oxygen atoms in total. The quantitative estimate of drug-likeness (QED) is 0.915. The molecule has 0 radical (unpaired) electrons. The fraction of sp³-hybridized carbons (Fsp3) is 0.429. The van der Waals surface area contributed by atoms with Gasteiger partial charge in [-0.3, -0.25) is 0 Å². The molecule has 1 aliphatic heterocycles. The van der Waals surface area contributed by atoms with Gasteiger partial charge in [0.15, 0.2) is 0 Å². The van der Waals surface area contributed by atoms with Crippen molar-refractivity contribution in [3.63, 3.8) is 0 Å². The lowest BCUT2D eigenvalue weighted by Crippen LogP contribution is -2.21. The molecule has 1 saturated heterocycles. The normalized spacial score (nSPS) is 22.6. The van der Waals surface area contributed by atoms with Gasteiger partial charge in [-0.2, -0.15) is 4.98 Å². The second kappa shape index (κ2) is 5.01. The van der Waals surface area contributed by atoms with Gasteiger partial charge in [0.05, 0.1) is 13.0 Å². The molecule has 3 rings (SSSR count). The Morgan fingerprint density at radius 1 is 1.42 bits per heavy atom. The maximum atomic E-state index is 5.40. The Kier molecular flexibility index (Phi) is 3.21. The molecule has 0 saturated carbocycles. The standard InChI is InChI=1S/C14H17N3O2/c1-9-12(6-7-15-9)14-16-13(17-19-14)10-4-3-5-11(8-10)18-2/h3-5,8-9,12,15H,6-7H2,1-2H3. The Morgan fingerprint density at radius 3 is 3.05 bits per heavy atom. The molecule has 1 aromatic carbocycles. The highest BCUT2D eigenvalue weighted by atomic mass is 16.5. The second-order valence-corrected chi connectivity index (χ2v) is 4.83. The first-order valence-electron chi connectivity index (χ1n) is 6.49. The van der Waals surface area contributed by atoms with E-state index in [0.717, 1.165) is 30.2 Å². The van der Waals surface area contributed by atoms with Crippen molar-refractivity contribution in [1.82, 2.24) is 15.5 Å². The van der Waals surface area contributed by atoms with Crippen LogP contribution in [-0.4, -0.2) is 29.8 Å². The molecular weight excluding hydrogens is 242 g/mol. The van der Waals surface area contributed by atoms with E-state index < -0.39 is 0 Å². The highest BCUT2D eigenvalue weighted by Gasteiger charge is 2.29. The van der Waals surface area contributed by atoms with Crippen molar-refractivity contribution in [2.75, 3.05) is 13.7 Å². The van der Waals surface area contributed by atoms with Gasteiger partial charge in [0.2, 0.25) is 11.7 Å². The summed E-state index contributed by atoms with van der Waals surface area (Å²) >= 11 is 0. The first-order valence-corrected chi connectivity index (χ1v) is 6.49. The molecule has 0 bridgehead atoms. The maximum absolute atomic E-state index is 5.40. The first kappa shape index (κ1) is 12.2. The van der Waals surface area contributed by atoms with E-state index in [-0.39, 0.29) is 0 Å². The summed E-state index contributed by atoms with van der Waals surface area (Å²) in [5.74, 6) is 2.44. The smallest absolute Gasteiger partial charge is 0.231 e. The number of ether oxygens (including phenoxy) is 1. The van der Waals surface area contributed by atoms with Crippen molar-refractivity contribution in [2.24, 2.45) is 0 Å². The van der Waals surface area contributed by atoms with Gasteiger partial charge in [0.25, 0.3) is 0 Å². The van der Waals surface area contributed by atoms with Crippen LogP contribution in [0.4, 0.5) is 0 Å². The largest absolute Gasteiger partial charge is 0.497 e. The van der Waals surface area contributed by atoms with Crippen LogP contribution in [0.15, 0.2) is 28.8 Å². The fourth-order valence-corrected chi connectivity index (χ4v) is 2.46. The zero-order valence-corrected chi connectivity index (χ0v) is 11.1. The third kappa shape index (κ3) is 2.33. The van der Waals surface area contributed by atoms with Crippen molar-refractivity contribution >= 4 is 0 Å². The zero-order valence-electron chi connectivity index (χ0n) is 11.1. The van der Waals surface area contributed by atoms with E-state index in [9.17, 15) is 0 Å². The fourth-order valence-electron chi connectivity index (χ4n) is 2.46. The minimum Gasteiger partial charge on any atom is -0.497 e. The highest BCUT2D eigenvalue weighted by molar-refractivity contribution is 5.56. The molecule has 2 heterocycles. The van der Waals surface area contributed by atoms with Crippen molar-refractivity contribution in [2.45, 2.75) is 25.3 Å². The monoisotopic (exact) mass is 259 g/mol. The average Bonchev–Trinajstić information content (AvgIpc) is 3.07. The van der Waals surface area contributed by atoms with Crippen molar-refractivity contribution in [3.8, 4) is 17.1 Å². The molecule has 100 valence electrons. The Bertz CT molecular complexity index is 567. The summed E-state index contributed by atoms with van der Waals surface area (Å²) in [7, 11) is 1.65. The zero-order chi connectivity index (χ0) is 13.2. The Labute approximate surface area is 112 Å². The van der Waals surface area contributed by atoms with E-state index >= 15 is 0 Å². The van der Waals surface area contributed by atoms with Gasteiger partial charge in [-0.25, -0.2) is 0 Å². The van der Waals surface area contributed by atoms with Gasteiger partial charge in [-0.05, 0) is 32.0 Å². The van der Waals surface area contributed by atoms with Crippen LogP contribution in [0, 0.1) is 0 Å². The van der Waals surface area contributed by atoms with Crippen molar-refractivity contribution < 1.29 is 9.26 Å². The third-order valence-electron chi connectivity index (χ3n) is 3.61. The van der Waals surface area contributed by atoms with Crippen LogP contribution in [0.3, 0.4) is 0 Å². The molecular formula is C14H17N3O2. The van der Waals surface area contributed by atoms with Crippen LogP contribution >= 0.6 is 0 Å². The maximum Gasteiger partial charge on any atom is 0.231 e. The molecule has 1 aliphatic rings. The predicted molar refractivity (Wildman–Crippen MR) is 71.1 cm³/mol. The average molecular weight is 259 g/mol. The number of hydrogen-bond donors (Lipinski definition) is 1. The Hall–Kier alpha value is -1.88. The van der Waals surface area contributed by atoms with Gasteiger partial charge in [0.1, 0.15) is 5.75 Å². The topological polar surface area (TPSA) is 60.2 Å². The van der Waals surface area contributed by atoms with Gasteiger partial charge in [-0.1, -0.05) is 17.3 Å². The van der Waals surface area contributed by atoms with Crippen LogP contribution in [0.5, 0.6) is 5.75 Å². The van der Waals surface area contributed by atoms with Gasteiger partial charge in [0, 0.05) is 11.6 Å². The van der Waals surface area contributed by atoms with Crippen LogP contribution in [-0.2, 0) is 0 Å². The molecule has 19 heavy (non-hydrogen) atoms. The molecule has 1 N–H and O–H groups in total. The first-order chi connectivity index (χ1) is 9.28. The minimum absolute atomic E-state index is 0.312. The number of hydrogen-bond acceptors (Lipinski definition) is 5. The molecule has 0 aliphatic carbocycles. The molecule has 2 aromatic rings. The molecule has 2 unspecified atom stereocenters. The van der Waals surface area contributed by atoms with E-state index in [2.05, 4.69) is 22.4 Å². The van der Waals surface area contributed by atoms with Crippen LogP contribution in [0.25, 0.3) is 11.4 Å². The number of rotatable bonds is 3. The molecule has 5 heteroatoms. The summed E-state index contributed by atoms with van der Waals surface area (Å²) in [4.78, 5) is 4.51. The molecule has 0 amide bonds. The predicted octanol–water partition coefficient (Wildman–Crippen LogP) is 2.21. The van der Waals surface area contributed by atoms with Crippen LogP contribution < -0.4 is 10.1 Å². The van der Waals surface area contributed by atoms with Gasteiger partial charge >= 0.3 is 0 Å². The SMILES string of the molecule is COc1cccc(-c2noc(C3CCNC3C)n2)c1. The lowest BCUT2D eigenvalue weighted by Gasteiger charge is -2.08. The minimum atomic E-state index is 0.312. The van der Waals surface area contributed by atoms with E-state index in [1.165, 1.54) is 0 Å². The summed E-state index contributed by atoms with van der Waals surface area (Å²) in [6.07, 6.45) is 1.04. The number of methoxy groups -OCH3 is 1. The Balaban J connectivity index is 1.88. The number of aromatic nitrogens is 2. The summed E-state index contributed by atoms with van der Waals surface area (Å²) in [5, 5.41) is 7.46. The van der Waals surface area contributed by atoms with E-state index in [4.69, 9.17) is 9.26 Å². The van der Waals surface area contributed by atoms with Gasteiger partial charge in [-0.15, -0.1) is 0 Å². The summed E-state index contributed by atoms with van der Waals surface area (Å²) in [5.41, 5.74) is 0.910. The van der Waals surface area contributed by atoms with E-state index in [1.807, 2.05) is 24.3 Å². The van der Waals surface area contributed by atoms with Crippen LogP contribution in [0.1, 0.15) is 25.2 Å². The molecule has 2 atom stereocenters. The van der Waals surface area contributed by atoms with Crippen LogP contribution in [0.2, 0.25) is 0 Å². The van der Waals surface area contributed by atoms with E-state index in [1.54, 1.807) is 7.11 Å². The lowest BCUT2D eigenvalue weighted by molar-refractivity contribution is 0.345. The van der Waals surface area contributed by atoms with Gasteiger partial charge < -0.3 is 14.6 Å². The number of benzene rings is 1. The Morgan fingerprint density at radius 2 is 2.32 bits per heavy atom. The highest BCUT2D eigenvalue weighted by Crippen LogP contribution is 2.28. The summed E-state index contributed by atoms with van der Waals surface area (Å²) in [6.45, 7) is 3.15. The lowest BCUT2D eigenvalue weighted by atomic mass is 10.0. The number of nitrogens with one attached hydrogen (secondary N) is 1. The molecule has 1 aromatic heterocycles. The summed E-state index contributed by atoms with van der Waals surface area (Å²) < 4.78 is 10.6. The molecule has 0 spiro atoms. The third-order valence-corrected chi connectivity index (χ3v) is 3.61. The summed E-state index contributed by atoms with van der Waals surface area (Å²) in [6, 6.07) is 8.06. The molecule has 1 fully saturated rings. The van der Waals surface area contributed by atoms with E-state index in [0.29, 0.717) is 17.8 Å².